The summed E-state index contributed by atoms with van der Waals surface area (Å²) in [6.45, 7) is 2.00. The Labute approximate surface area is 105 Å². The van der Waals surface area contributed by atoms with E-state index in [2.05, 4.69) is 0 Å². The molecule has 1 aromatic rings. The monoisotopic (exact) mass is 251 g/mol. The van der Waals surface area contributed by atoms with E-state index in [1.165, 1.54) is 12.2 Å². The lowest BCUT2D eigenvalue weighted by molar-refractivity contribution is 0.550. The first kappa shape index (κ1) is 13.4. The molecule has 0 saturated heterocycles. The van der Waals surface area contributed by atoms with Gasteiger partial charge in [0.2, 0.25) is 5.90 Å². The van der Waals surface area contributed by atoms with E-state index in [1.807, 2.05) is 0 Å². The van der Waals surface area contributed by atoms with Crippen molar-refractivity contribution in [3.8, 4) is 5.75 Å². The lowest BCUT2D eigenvalue weighted by atomic mass is 10.2. The van der Waals surface area contributed by atoms with E-state index in [1.54, 1.807) is 25.1 Å². The van der Waals surface area contributed by atoms with Crippen LogP contribution in [0.3, 0.4) is 0 Å². The molecule has 0 aliphatic heterocycles. The summed E-state index contributed by atoms with van der Waals surface area (Å²) in [6.07, 6.45) is 2.87. The van der Waals surface area contributed by atoms with Gasteiger partial charge in [-0.2, -0.15) is 0 Å². The first-order valence-corrected chi connectivity index (χ1v) is 5.39. The molecule has 5 heteroatoms. The SMILES string of the molecule is CC(=N)/C=C\C(=N)Oc1cc(CN)ccc1Cl. The van der Waals surface area contributed by atoms with Gasteiger partial charge in [0.1, 0.15) is 5.75 Å². The zero-order valence-corrected chi connectivity index (χ0v) is 10.2. The molecule has 0 fully saturated rings. The molecule has 0 amide bonds. The molecule has 0 bridgehead atoms. The molecule has 1 aromatic carbocycles. The van der Waals surface area contributed by atoms with Gasteiger partial charge in [-0.25, -0.2) is 0 Å². The summed E-state index contributed by atoms with van der Waals surface area (Å²) in [4.78, 5) is 0. The van der Waals surface area contributed by atoms with Crippen molar-refractivity contribution in [3.05, 3.63) is 40.9 Å². The van der Waals surface area contributed by atoms with Gasteiger partial charge in [0.15, 0.2) is 0 Å². The summed E-state index contributed by atoms with van der Waals surface area (Å²) in [6, 6.07) is 5.18. The number of hydrogen-bond donors (Lipinski definition) is 3. The molecule has 4 nitrogen and oxygen atoms in total. The zero-order chi connectivity index (χ0) is 12.8. The maximum absolute atomic E-state index is 7.55. The highest BCUT2D eigenvalue weighted by molar-refractivity contribution is 6.32. The Morgan fingerprint density at radius 3 is 2.71 bits per heavy atom. The third kappa shape index (κ3) is 4.38. The fourth-order valence-electron chi connectivity index (χ4n) is 1.11. The molecule has 0 aromatic heterocycles. The Morgan fingerprint density at radius 2 is 2.12 bits per heavy atom. The maximum atomic E-state index is 7.55. The van der Waals surface area contributed by atoms with E-state index in [4.69, 9.17) is 32.9 Å². The van der Waals surface area contributed by atoms with Crippen LogP contribution >= 0.6 is 11.6 Å². The van der Waals surface area contributed by atoms with Crippen molar-refractivity contribution in [3.63, 3.8) is 0 Å². The van der Waals surface area contributed by atoms with E-state index in [-0.39, 0.29) is 5.90 Å². The molecule has 4 N–H and O–H groups in total. The number of ether oxygens (including phenoxy) is 1. The van der Waals surface area contributed by atoms with Gasteiger partial charge in [-0.1, -0.05) is 17.7 Å². The highest BCUT2D eigenvalue weighted by atomic mass is 35.5. The van der Waals surface area contributed by atoms with Gasteiger partial charge in [-0.3, -0.25) is 5.41 Å². The van der Waals surface area contributed by atoms with Crippen molar-refractivity contribution >= 4 is 23.2 Å². The molecule has 17 heavy (non-hydrogen) atoms. The smallest absolute Gasteiger partial charge is 0.212 e. The average molecular weight is 252 g/mol. The molecule has 0 radical (unpaired) electrons. The van der Waals surface area contributed by atoms with Crippen LogP contribution in [-0.4, -0.2) is 11.6 Å². The van der Waals surface area contributed by atoms with Gasteiger partial charge in [0.25, 0.3) is 0 Å². The first-order chi connectivity index (χ1) is 8.02. The molecule has 0 heterocycles. The number of allylic oxidation sites excluding steroid dienone is 1. The largest absolute Gasteiger partial charge is 0.438 e. The van der Waals surface area contributed by atoms with Crippen LogP contribution < -0.4 is 10.5 Å². The van der Waals surface area contributed by atoms with Gasteiger partial charge in [0, 0.05) is 18.3 Å². The summed E-state index contributed by atoms with van der Waals surface area (Å²) in [5.41, 5.74) is 6.73. The molecule has 0 aliphatic rings. The quantitative estimate of drug-likeness (QED) is 0.568. The topological polar surface area (TPSA) is 83.0 Å². The zero-order valence-electron chi connectivity index (χ0n) is 9.46. The van der Waals surface area contributed by atoms with Crippen molar-refractivity contribution in [1.82, 2.24) is 0 Å². The minimum Gasteiger partial charge on any atom is -0.438 e. The van der Waals surface area contributed by atoms with E-state index in [9.17, 15) is 0 Å². The summed E-state index contributed by atoms with van der Waals surface area (Å²) in [5.74, 6) is 0.319. The Hall–Kier alpha value is -1.65. The van der Waals surface area contributed by atoms with E-state index < -0.39 is 0 Å². The third-order valence-electron chi connectivity index (χ3n) is 1.94. The van der Waals surface area contributed by atoms with Crippen LogP contribution in [0.4, 0.5) is 0 Å². The standard InChI is InChI=1S/C12H14ClN3O/c1-8(15)2-5-12(16)17-11-6-9(7-14)3-4-10(11)13/h2-6,15-16H,7,14H2,1H3/b5-2-,15-8?,16-12?. The average Bonchev–Trinajstić information content (AvgIpc) is 2.29. The number of hydrogen-bond acceptors (Lipinski definition) is 4. The molecule has 0 spiro atoms. The molecule has 0 unspecified atom stereocenters. The first-order valence-electron chi connectivity index (χ1n) is 5.01. The lowest BCUT2D eigenvalue weighted by Gasteiger charge is -2.07. The Kier molecular flexibility index (Phi) is 4.87. The normalized spacial score (nSPS) is 10.5. The number of nitrogens with two attached hydrogens (primary N) is 1. The molecule has 1 rings (SSSR count). The number of halogens is 1. The molecule has 0 aliphatic carbocycles. The number of benzene rings is 1. The highest BCUT2D eigenvalue weighted by Crippen LogP contribution is 2.25. The number of rotatable bonds is 4. The van der Waals surface area contributed by atoms with Crippen molar-refractivity contribution < 1.29 is 4.74 Å². The van der Waals surface area contributed by atoms with Gasteiger partial charge in [0.05, 0.1) is 5.02 Å². The van der Waals surface area contributed by atoms with Crippen molar-refractivity contribution in [1.29, 1.82) is 10.8 Å². The van der Waals surface area contributed by atoms with Crippen LogP contribution in [0.25, 0.3) is 0 Å². The van der Waals surface area contributed by atoms with Crippen LogP contribution in [0, 0.1) is 10.8 Å². The Morgan fingerprint density at radius 1 is 1.41 bits per heavy atom. The summed E-state index contributed by atoms with van der Waals surface area (Å²) >= 11 is 5.93. The van der Waals surface area contributed by atoms with Crippen LogP contribution in [0.2, 0.25) is 5.02 Å². The van der Waals surface area contributed by atoms with Crippen molar-refractivity contribution in [2.45, 2.75) is 13.5 Å². The van der Waals surface area contributed by atoms with Crippen LogP contribution in [0.1, 0.15) is 12.5 Å². The molecular formula is C12H14ClN3O. The lowest BCUT2D eigenvalue weighted by Crippen LogP contribution is -2.05. The van der Waals surface area contributed by atoms with E-state index in [0.29, 0.717) is 23.0 Å². The Bertz CT molecular complexity index is 469. The Balaban J connectivity index is 2.80. The number of nitrogens with one attached hydrogen (secondary N) is 2. The fraction of sp³-hybridized carbons (Fsp3) is 0.167. The fourth-order valence-corrected chi connectivity index (χ4v) is 1.26. The second-order valence-corrected chi connectivity index (χ2v) is 3.86. The van der Waals surface area contributed by atoms with Crippen LogP contribution in [0.15, 0.2) is 30.4 Å². The molecular weight excluding hydrogens is 238 g/mol. The predicted molar refractivity (Wildman–Crippen MR) is 70.2 cm³/mol. The van der Waals surface area contributed by atoms with Gasteiger partial charge < -0.3 is 15.9 Å². The van der Waals surface area contributed by atoms with Crippen LogP contribution in [0.5, 0.6) is 5.75 Å². The van der Waals surface area contributed by atoms with Gasteiger partial charge >= 0.3 is 0 Å². The van der Waals surface area contributed by atoms with Crippen molar-refractivity contribution in [2.24, 2.45) is 5.73 Å². The second kappa shape index (κ2) is 6.18. The summed E-state index contributed by atoms with van der Waals surface area (Å²) in [7, 11) is 0. The molecule has 0 atom stereocenters. The molecule has 90 valence electrons. The molecule has 0 saturated carbocycles. The summed E-state index contributed by atoms with van der Waals surface area (Å²) in [5, 5.41) is 15.2. The van der Waals surface area contributed by atoms with E-state index >= 15 is 0 Å². The minimum atomic E-state index is -0.0762. The highest BCUT2D eigenvalue weighted by Gasteiger charge is 2.04. The van der Waals surface area contributed by atoms with Crippen molar-refractivity contribution in [2.75, 3.05) is 0 Å². The predicted octanol–water partition coefficient (Wildman–Crippen LogP) is 2.75. The van der Waals surface area contributed by atoms with Gasteiger partial charge in [-0.15, -0.1) is 0 Å². The minimum absolute atomic E-state index is 0.0762. The third-order valence-corrected chi connectivity index (χ3v) is 2.25. The maximum Gasteiger partial charge on any atom is 0.212 e. The van der Waals surface area contributed by atoms with E-state index in [0.717, 1.165) is 5.56 Å². The van der Waals surface area contributed by atoms with Crippen LogP contribution in [-0.2, 0) is 6.54 Å². The van der Waals surface area contributed by atoms with Gasteiger partial charge in [-0.05, 0) is 30.7 Å². The second-order valence-electron chi connectivity index (χ2n) is 3.45. The summed E-state index contributed by atoms with van der Waals surface area (Å²) < 4.78 is 5.25.